The molecule has 0 radical (unpaired) electrons. The van der Waals surface area contributed by atoms with Crippen molar-refractivity contribution in [1.82, 2.24) is 4.90 Å². The van der Waals surface area contributed by atoms with Gasteiger partial charge in [-0.15, -0.1) is 0 Å². The number of anilines is 1. The second-order valence-electron chi connectivity index (χ2n) is 4.53. The van der Waals surface area contributed by atoms with Gasteiger partial charge in [-0.25, -0.2) is 0 Å². The molecule has 1 aromatic carbocycles. The van der Waals surface area contributed by atoms with Gasteiger partial charge < -0.3 is 21.3 Å². The van der Waals surface area contributed by atoms with Crippen molar-refractivity contribution in [2.75, 3.05) is 38.2 Å². The molecular weight excluding hydrogens is 290 g/mol. The number of hydrogen-bond acceptors (Lipinski definition) is 5. The molecule has 5 N–H and O–H groups in total. The number of hydrogen-bond donors (Lipinski definition) is 4. The van der Waals surface area contributed by atoms with Crippen molar-refractivity contribution in [3.05, 3.63) is 29.8 Å². The largest absolute Gasteiger partial charge is 0.395 e. The quantitative estimate of drug-likeness (QED) is 0.477. The number of carbonyl (C=O) groups excluding carboxylic acids is 1. The Bertz CT molecular complexity index is 476. The predicted octanol–water partition coefficient (Wildman–Crippen LogP) is -0.0640. The SMILES string of the molecule is NC(=S)c1cccc(NC(=O)CCN(CCO)CCO)c1. The van der Waals surface area contributed by atoms with Crippen LogP contribution < -0.4 is 11.1 Å². The van der Waals surface area contributed by atoms with E-state index in [0.29, 0.717) is 30.9 Å². The number of thiocarbonyl (C=S) groups is 1. The van der Waals surface area contributed by atoms with Crippen molar-refractivity contribution in [1.29, 1.82) is 0 Å². The van der Waals surface area contributed by atoms with Crippen molar-refractivity contribution in [3.8, 4) is 0 Å². The highest BCUT2D eigenvalue weighted by Gasteiger charge is 2.08. The summed E-state index contributed by atoms with van der Waals surface area (Å²) in [5.74, 6) is -0.143. The van der Waals surface area contributed by atoms with Gasteiger partial charge in [-0.3, -0.25) is 9.69 Å². The van der Waals surface area contributed by atoms with E-state index in [-0.39, 0.29) is 30.5 Å². The van der Waals surface area contributed by atoms with Crippen LogP contribution >= 0.6 is 12.2 Å². The highest BCUT2D eigenvalue weighted by molar-refractivity contribution is 7.80. The third-order valence-corrected chi connectivity index (χ3v) is 3.15. The van der Waals surface area contributed by atoms with Gasteiger partial charge in [-0.05, 0) is 12.1 Å². The zero-order valence-corrected chi connectivity index (χ0v) is 12.6. The fourth-order valence-corrected chi connectivity index (χ4v) is 1.98. The molecule has 0 aliphatic carbocycles. The average Bonchev–Trinajstić information content (AvgIpc) is 2.45. The number of aliphatic hydroxyl groups excluding tert-OH is 2. The summed E-state index contributed by atoms with van der Waals surface area (Å²) in [7, 11) is 0. The molecule has 0 unspecified atom stereocenters. The first-order chi connectivity index (χ1) is 10.1. The third-order valence-electron chi connectivity index (χ3n) is 2.92. The predicted molar refractivity (Wildman–Crippen MR) is 86.2 cm³/mol. The van der Waals surface area contributed by atoms with E-state index < -0.39 is 0 Å². The lowest BCUT2D eigenvalue weighted by Gasteiger charge is -2.19. The second-order valence-corrected chi connectivity index (χ2v) is 4.97. The van der Waals surface area contributed by atoms with Gasteiger partial charge in [-0.2, -0.15) is 0 Å². The van der Waals surface area contributed by atoms with Gasteiger partial charge >= 0.3 is 0 Å². The van der Waals surface area contributed by atoms with E-state index in [4.69, 9.17) is 28.2 Å². The number of nitrogens with two attached hydrogens (primary N) is 1. The molecule has 0 fully saturated rings. The number of amides is 1. The van der Waals surface area contributed by atoms with Crippen molar-refractivity contribution < 1.29 is 15.0 Å². The van der Waals surface area contributed by atoms with Gasteiger partial charge in [0.2, 0.25) is 5.91 Å². The summed E-state index contributed by atoms with van der Waals surface area (Å²) in [6, 6.07) is 7.04. The van der Waals surface area contributed by atoms with Gasteiger partial charge in [0.05, 0.1) is 13.2 Å². The van der Waals surface area contributed by atoms with Gasteiger partial charge in [0.1, 0.15) is 4.99 Å². The van der Waals surface area contributed by atoms with Crippen LogP contribution in [-0.2, 0) is 4.79 Å². The van der Waals surface area contributed by atoms with Crippen LogP contribution in [-0.4, -0.2) is 58.9 Å². The van der Waals surface area contributed by atoms with Gasteiger partial charge in [0, 0.05) is 37.3 Å². The second kappa shape index (κ2) is 9.41. The molecule has 6 nitrogen and oxygen atoms in total. The molecule has 0 saturated carbocycles. The summed E-state index contributed by atoms with van der Waals surface area (Å²) in [4.78, 5) is 14.0. The minimum Gasteiger partial charge on any atom is -0.395 e. The van der Waals surface area contributed by atoms with Gasteiger partial charge in [0.15, 0.2) is 0 Å². The minimum atomic E-state index is -0.143. The van der Waals surface area contributed by atoms with Crippen LogP contribution in [0.3, 0.4) is 0 Å². The minimum absolute atomic E-state index is 0.00237. The maximum atomic E-state index is 11.9. The normalized spacial score (nSPS) is 10.6. The first kappa shape index (κ1) is 17.5. The molecular formula is C14H21N3O3S. The number of carbonyl (C=O) groups is 1. The summed E-state index contributed by atoms with van der Waals surface area (Å²) in [5, 5.41) is 20.6. The summed E-state index contributed by atoms with van der Waals surface area (Å²) < 4.78 is 0. The Balaban J connectivity index is 2.49. The van der Waals surface area contributed by atoms with Crippen LogP contribution in [0.15, 0.2) is 24.3 Å². The highest BCUT2D eigenvalue weighted by atomic mass is 32.1. The van der Waals surface area contributed by atoms with Crippen molar-refractivity contribution in [3.63, 3.8) is 0 Å². The zero-order valence-electron chi connectivity index (χ0n) is 11.8. The lowest BCUT2D eigenvalue weighted by Crippen LogP contribution is -2.32. The number of aliphatic hydroxyl groups is 2. The van der Waals surface area contributed by atoms with Crippen LogP contribution in [0.25, 0.3) is 0 Å². The van der Waals surface area contributed by atoms with Crippen LogP contribution in [0.4, 0.5) is 5.69 Å². The molecule has 7 heteroatoms. The summed E-state index contributed by atoms with van der Waals surface area (Å²) >= 11 is 4.89. The molecule has 1 amide bonds. The van der Waals surface area contributed by atoms with E-state index in [1.54, 1.807) is 24.3 Å². The van der Waals surface area contributed by atoms with Gasteiger partial charge in [-0.1, -0.05) is 24.4 Å². The Hall–Kier alpha value is -1.54. The molecule has 1 rings (SSSR count). The van der Waals surface area contributed by atoms with Crippen LogP contribution in [0.2, 0.25) is 0 Å². The first-order valence-corrected chi connectivity index (χ1v) is 7.11. The maximum Gasteiger partial charge on any atom is 0.225 e. The summed E-state index contributed by atoms with van der Waals surface area (Å²) in [5.41, 5.74) is 6.88. The molecule has 21 heavy (non-hydrogen) atoms. The smallest absolute Gasteiger partial charge is 0.225 e. The van der Waals surface area contributed by atoms with Crippen LogP contribution in [0.1, 0.15) is 12.0 Å². The van der Waals surface area contributed by atoms with E-state index in [1.165, 1.54) is 0 Å². The molecule has 0 atom stereocenters. The lowest BCUT2D eigenvalue weighted by molar-refractivity contribution is -0.116. The maximum absolute atomic E-state index is 11.9. The fraction of sp³-hybridized carbons (Fsp3) is 0.429. The zero-order chi connectivity index (χ0) is 15.7. The van der Waals surface area contributed by atoms with Crippen molar-refractivity contribution >= 4 is 28.8 Å². The standard InChI is InChI=1S/C14H21N3O3S/c15-14(21)11-2-1-3-12(10-11)16-13(20)4-5-17(6-8-18)7-9-19/h1-3,10,18-19H,4-9H2,(H2,15,21)(H,16,20). The van der Waals surface area contributed by atoms with Crippen molar-refractivity contribution in [2.24, 2.45) is 5.73 Å². The number of nitrogens with one attached hydrogen (secondary N) is 1. The fourth-order valence-electron chi connectivity index (χ4n) is 1.85. The summed E-state index contributed by atoms with van der Waals surface area (Å²) in [6.45, 7) is 1.34. The average molecular weight is 311 g/mol. The Labute approximate surface area is 129 Å². The Morgan fingerprint density at radius 1 is 1.24 bits per heavy atom. The molecule has 0 saturated heterocycles. The number of rotatable bonds is 9. The van der Waals surface area contributed by atoms with E-state index in [2.05, 4.69) is 5.32 Å². The highest BCUT2D eigenvalue weighted by Crippen LogP contribution is 2.11. The van der Waals surface area contributed by atoms with Crippen molar-refractivity contribution in [2.45, 2.75) is 6.42 Å². The molecule has 1 aromatic rings. The molecule has 116 valence electrons. The molecule has 0 spiro atoms. The van der Waals surface area contributed by atoms with E-state index in [1.807, 2.05) is 4.90 Å². The van der Waals surface area contributed by atoms with Gasteiger partial charge in [0.25, 0.3) is 0 Å². The summed E-state index contributed by atoms with van der Waals surface area (Å²) in [6.07, 6.45) is 0.275. The molecule has 0 aliphatic rings. The van der Waals surface area contributed by atoms with Crippen LogP contribution in [0, 0.1) is 0 Å². The lowest BCUT2D eigenvalue weighted by atomic mass is 10.2. The van der Waals surface area contributed by atoms with E-state index in [0.717, 1.165) is 0 Å². The third kappa shape index (κ3) is 6.63. The Morgan fingerprint density at radius 2 is 1.90 bits per heavy atom. The number of nitrogens with zero attached hydrogens (tertiary/aromatic N) is 1. The molecule has 0 aliphatic heterocycles. The molecule has 0 heterocycles. The number of benzene rings is 1. The monoisotopic (exact) mass is 311 g/mol. The van der Waals surface area contributed by atoms with Crippen LogP contribution in [0.5, 0.6) is 0 Å². The Kier molecular flexibility index (Phi) is 7.84. The Morgan fingerprint density at radius 3 is 2.48 bits per heavy atom. The first-order valence-electron chi connectivity index (χ1n) is 6.70. The molecule has 0 bridgehead atoms. The topological polar surface area (TPSA) is 98.8 Å². The molecule has 0 aromatic heterocycles. The van der Waals surface area contributed by atoms with E-state index in [9.17, 15) is 4.79 Å². The van der Waals surface area contributed by atoms with E-state index >= 15 is 0 Å².